The lowest BCUT2D eigenvalue weighted by Gasteiger charge is -2.17. The maximum atomic E-state index is 12.4. The zero-order chi connectivity index (χ0) is 15.9. The van der Waals surface area contributed by atoms with Gasteiger partial charge in [0, 0.05) is 38.6 Å². The Balaban J connectivity index is 2.13. The number of nitrogens with zero attached hydrogens (tertiary/aromatic N) is 4. The Bertz CT molecular complexity index is 682. The van der Waals surface area contributed by atoms with E-state index in [4.69, 9.17) is 0 Å². The monoisotopic (exact) mass is 300 g/mol. The van der Waals surface area contributed by atoms with Crippen LogP contribution in [0.3, 0.4) is 0 Å². The molecule has 6 heteroatoms. The average molecular weight is 300 g/mol. The molecule has 0 aliphatic rings. The van der Waals surface area contributed by atoms with Crippen molar-refractivity contribution in [1.29, 1.82) is 0 Å². The van der Waals surface area contributed by atoms with E-state index in [9.17, 15) is 9.59 Å². The number of pyridine rings is 1. The Morgan fingerprint density at radius 2 is 2.14 bits per heavy atom. The van der Waals surface area contributed by atoms with E-state index in [0.29, 0.717) is 13.1 Å². The summed E-state index contributed by atoms with van der Waals surface area (Å²) in [6.07, 6.45) is 5.24. The predicted octanol–water partition coefficient (Wildman–Crippen LogP) is 1.71. The van der Waals surface area contributed by atoms with Gasteiger partial charge in [-0.25, -0.2) is 4.68 Å². The molecule has 0 radical (unpaired) electrons. The van der Waals surface area contributed by atoms with Crippen LogP contribution in [0, 0.1) is 0 Å². The maximum absolute atomic E-state index is 12.4. The van der Waals surface area contributed by atoms with Crippen LogP contribution in [-0.2, 0) is 13.1 Å². The summed E-state index contributed by atoms with van der Waals surface area (Å²) in [6, 6.07) is 6.61. The second kappa shape index (κ2) is 7.49. The van der Waals surface area contributed by atoms with Crippen LogP contribution in [0.2, 0.25) is 0 Å². The minimum Gasteiger partial charge on any atom is -0.336 e. The first kappa shape index (κ1) is 15.9. The van der Waals surface area contributed by atoms with Gasteiger partial charge in [-0.3, -0.25) is 14.6 Å². The number of carbonyl (C=O) groups is 1. The minimum absolute atomic E-state index is 0.181. The summed E-state index contributed by atoms with van der Waals surface area (Å²) in [4.78, 5) is 29.7. The number of rotatable bonds is 6. The summed E-state index contributed by atoms with van der Waals surface area (Å²) in [5, 5.41) is 4.17. The molecule has 0 saturated carbocycles. The third-order valence-corrected chi connectivity index (χ3v) is 3.30. The van der Waals surface area contributed by atoms with Crippen molar-refractivity contribution in [3.63, 3.8) is 0 Å². The molecule has 0 saturated heterocycles. The molecular weight excluding hydrogens is 280 g/mol. The molecule has 2 heterocycles. The zero-order valence-corrected chi connectivity index (χ0v) is 12.9. The third kappa shape index (κ3) is 4.00. The van der Waals surface area contributed by atoms with Gasteiger partial charge >= 0.3 is 0 Å². The van der Waals surface area contributed by atoms with Gasteiger partial charge in [0.2, 0.25) is 0 Å². The molecule has 0 bridgehead atoms. The second-order valence-electron chi connectivity index (χ2n) is 5.16. The summed E-state index contributed by atoms with van der Waals surface area (Å²) in [5.74, 6) is -0.214. The summed E-state index contributed by atoms with van der Waals surface area (Å²) in [6.45, 7) is 3.02. The Kier molecular flexibility index (Phi) is 5.41. The standard InChI is InChI=1S/C16H20N4O2/c1-3-4-10-20-15(21)8-7-14(18-20)16(22)19(2)12-13-6-5-9-17-11-13/h5-9,11H,3-4,10,12H2,1-2H3. The van der Waals surface area contributed by atoms with Gasteiger partial charge < -0.3 is 4.90 Å². The van der Waals surface area contributed by atoms with Crippen LogP contribution in [-0.4, -0.2) is 32.6 Å². The van der Waals surface area contributed by atoms with Crippen LogP contribution in [0.25, 0.3) is 0 Å². The first-order valence-electron chi connectivity index (χ1n) is 7.34. The highest BCUT2D eigenvalue weighted by molar-refractivity contribution is 5.91. The Hall–Kier alpha value is -2.50. The van der Waals surface area contributed by atoms with Crippen molar-refractivity contribution >= 4 is 5.91 Å². The van der Waals surface area contributed by atoms with Crippen molar-refractivity contribution in [2.45, 2.75) is 32.9 Å². The number of unbranched alkanes of at least 4 members (excludes halogenated alkanes) is 1. The lowest BCUT2D eigenvalue weighted by Crippen LogP contribution is -2.31. The molecule has 0 aliphatic carbocycles. The molecule has 0 N–H and O–H groups in total. The summed E-state index contributed by atoms with van der Waals surface area (Å²) >= 11 is 0. The highest BCUT2D eigenvalue weighted by Crippen LogP contribution is 2.05. The van der Waals surface area contributed by atoms with Crippen molar-refractivity contribution in [2.75, 3.05) is 7.05 Å². The van der Waals surface area contributed by atoms with Crippen molar-refractivity contribution in [3.05, 3.63) is 58.3 Å². The van der Waals surface area contributed by atoms with Gasteiger partial charge in [0.15, 0.2) is 0 Å². The van der Waals surface area contributed by atoms with Crippen LogP contribution >= 0.6 is 0 Å². The normalized spacial score (nSPS) is 10.5. The molecule has 2 aromatic heterocycles. The number of hydrogen-bond acceptors (Lipinski definition) is 4. The van der Waals surface area contributed by atoms with Crippen LogP contribution in [0.15, 0.2) is 41.5 Å². The molecule has 2 aromatic rings. The largest absolute Gasteiger partial charge is 0.336 e. The van der Waals surface area contributed by atoms with E-state index in [1.165, 1.54) is 16.8 Å². The molecule has 0 fully saturated rings. The van der Waals surface area contributed by atoms with E-state index >= 15 is 0 Å². The highest BCUT2D eigenvalue weighted by atomic mass is 16.2. The fourth-order valence-corrected chi connectivity index (χ4v) is 2.06. The topological polar surface area (TPSA) is 68.1 Å². The van der Waals surface area contributed by atoms with Gasteiger partial charge in [-0.05, 0) is 24.1 Å². The van der Waals surface area contributed by atoms with Gasteiger partial charge in [-0.2, -0.15) is 5.10 Å². The van der Waals surface area contributed by atoms with Gasteiger partial charge in [-0.1, -0.05) is 19.4 Å². The lowest BCUT2D eigenvalue weighted by atomic mass is 10.2. The fourth-order valence-electron chi connectivity index (χ4n) is 2.06. The van der Waals surface area contributed by atoms with Gasteiger partial charge in [0.25, 0.3) is 11.5 Å². The van der Waals surface area contributed by atoms with Gasteiger partial charge in [-0.15, -0.1) is 0 Å². The number of amides is 1. The van der Waals surface area contributed by atoms with Gasteiger partial charge in [0.1, 0.15) is 5.69 Å². The maximum Gasteiger partial charge on any atom is 0.274 e. The number of aromatic nitrogens is 3. The smallest absolute Gasteiger partial charge is 0.274 e. The highest BCUT2D eigenvalue weighted by Gasteiger charge is 2.15. The molecule has 1 amide bonds. The van der Waals surface area contributed by atoms with E-state index in [-0.39, 0.29) is 17.2 Å². The van der Waals surface area contributed by atoms with E-state index in [1.54, 1.807) is 24.3 Å². The second-order valence-corrected chi connectivity index (χ2v) is 5.16. The number of hydrogen-bond donors (Lipinski definition) is 0. The zero-order valence-electron chi connectivity index (χ0n) is 12.9. The Morgan fingerprint density at radius 3 is 2.82 bits per heavy atom. The van der Waals surface area contributed by atoms with Crippen LogP contribution in [0.5, 0.6) is 0 Å². The van der Waals surface area contributed by atoms with E-state index in [1.807, 2.05) is 19.1 Å². The quantitative estimate of drug-likeness (QED) is 0.814. The fraction of sp³-hybridized carbons (Fsp3) is 0.375. The molecule has 22 heavy (non-hydrogen) atoms. The molecule has 6 nitrogen and oxygen atoms in total. The number of carbonyl (C=O) groups excluding carboxylic acids is 1. The molecule has 116 valence electrons. The van der Waals surface area contributed by atoms with E-state index < -0.39 is 0 Å². The Morgan fingerprint density at radius 1 is 1.32 bits per heavy atom. The molecule has 2 rings (SSSR count). The first-order chi connectivity index (χ1) is 10.6. The molecule has 0 aliphatic heterocycles. The van der Waals surface area contributed by atoms with E-state index in [0.717, 1.165) is 18.4 Å². The summed E-state index contributed by atoms with van der Waals surface area (Å²) in [5.41, 5.74) is 1.04. The van der Waals surface area contributed by atoms with Crippen LogP contribution in [0.1, 0.15) is 35.8 Å². The minimum atomic E-state index is -0.214. The van der Waals surface area contributed by atoms with Gasteiger partial charge in [0.05, 0.1) is 0 Å². The predicted molar refractivity (Wildman–Crippen MR) is 83.4 cm³/mol. The average Bonchev–Trinajstić information content (AvgIpc) is 2.54. The van der Waals surface area contributed by atoms with Crippen molar-refractivity contribution in [1.82, 2.24) is 19.7 Å². The molecular formula is C16H20N4O2. The number of aryl methyl sites for hydroxylation is 1. The third-order valence-electron chi connectivity index (χ3n) is 3.30. The molecule has 0 spiro atoms. The molecule has 0 aromatic carbocycles. The summed E-state index contributed by atoms with van der Waals surface area (Å²) in [7, 11) is 1.71. The van der Waals surface area contributed by atoms with Crippen LogP contribution < -0.4 is 5.56 Å². The van der Waals surface area contributed by atoms with Crippen molar-refractivity contribution < 1.29 is 4.79 Å². The Labute approximate surface area is 129 Å². The van der Waals surface area contributed by atoms with Crippen molar-refractivity contribution in [2.24, 2.45) is 0 Å². The van der Waals surface area contributed by atoms with Crippen molar-refractivity contribution in [3.8, 4) is 0 Å². The molecule has 0 unspecified atom stereocenters. The molecule has 0 atom stereocenters. The SMILES string of the molecule is CCCCn1nc(C(=O)N(C)Cc2cccnc2)ccc1=O. The van der Waals surface area contributed by atoms with Crippen LogP contribution in [0.4, 0.5) is 0 Å². The first-order valence-corrected chi connectivity index (χ1v) is 7.34. The van der Waals surface area contributed by atoms with E-state index in [2.05, 4.69) is 10.1 Å². The lowest BCUT2D eigenvalue weighted by molar-refractivity contribution is 0.0776. The summed E-state index contributed by atoms with van der Waals surface area (Å²) < 4.78 is 1.36.